The molecule has 2 atom stereocenters. The number of ether oxygens (including phenoxy) is 2. The van der Waals surface area contributed by atoms with Gasteiger partial charge in [0.05, 0.1) is 24.8 Å². The summed E-state index contributed by atoms with van der Waals surface area (Å²) < 4.78 is 12.7. The minimum atomic E-state index is -1.57. The predicted molar refractivity (Wildman–Crippen MR) is 154 cm³/mol. The van der Waals surface area contributed by atoms with Crippen LogP contribution in [0.2, 0.25) is 0 Å². The van der Waals surface area contributed by atoms with Crippen LogP contribution in [0, 0.1) is 0 Å². The minimum Gasteiger partial charge on any atom is -0.463 e. The van der Waals surface area contributed by atoms with E-state index in [-0.39, 0.29) is 31.0 Å². The van der Waals surface area contributed by atoms with E-state index in [1.165, 1.54) is 0 Å². The summed E-state index contributed by atoms with van der Waals surface area (Å²) in [6.45, 7) is 3.80. The van der Waals surface area contributed by atoms with Crippen molar-refractivity contribution in [1.29, 1.82) is 0 Å². The van der Waals surface area contributed by atoms with Crippen LogP contribution >= 0.6 is 31.9 Å². The van der Waals surface area contributed by atoms with Crippen LogP contribution in [0.25, 0.3) is 0 Å². The summed E-state index contributed by atoms with van der Waals surface area (Å²) in [4.78, 5) is 43.7. The van der Waals surface area contributed by atoms with Crippen LogP contribution in [0.5, 0.6) is 0 Å². The lowest BCUT2D eigenvalue weighted by Gasteiger charge is -2.37. The van der Waals surface area contributed by atoms with E-state index in [1.807, 2.05) is 71.6 Å². The van der Waals surface area contributed by atoms with E-state index in [9.17, 15) is 14.4 Å². The monoisotopic (exact) mass is 652 g/mol. The van der Waals surface area contributed by atoms with Crippen molar-refractivity contribution in [2.75, 3.05) is 18.5 Å². The number of carbonyl (C=O) groups is 3. The fourth-order valence-corrected chi connectivity index (χ4v) is 6.48. The molecule has 0 bridgehead atoms. The maximum atomic E-state index is 14.3. The SMILES string of the molecule is CCOC(=O)C1=C(C(=O)OCC)C2(C(=O)Nc3ccccc32)C(c2cccc(Br)c2)N1Cc1cccc(Br)c1. The van der Waals surface area contributed by atoms with Crippen molar-refractivity contribution in [1.82, 2.24) is 4.90 Å². The summed E-state index contributed by atoms with van der Waals surface area (Å²) in [5, 5.41) is 2.98. The van der Waals surface area contributed by atoms with Crippen molar-refractivity contribution in [3.05, 3.63) is 110 Å². The standard InChI is InChI=1S/C30H26Br2N2O5/c1-3-38-27(35)24-25(28(36)39-4-2)34(17-18-9-7-11-20(31)15-18)26(19-10-8-12-21(32)16-19)30(24)22-13-5-6-14-23(22)33-29(30)37/h5-16,26H,3-4,17H2,1-2H3,(H,33,37). The molecule has 2 aliphatic heterocycles. The zero-order chi connectivity index (χ0) is 27.7. The van der Waals surface area contributed by atoms with Crippen LogP contribution in [-0.4, -0.2) is 36.0 Å². The molecule has 2 heterocycles. The largest absolute Gasteiger partial charge is 0.463 e. The van der Waals surface area contributed by atoms with Gasteiger partial charge in [0.25, 0.3) is 0 Å². The first-order chi connectivity index (χ1) is 18.8. The van der Waals surface area contributed by atoms with Gasteiger partial charge in [-0.2, -0.15) is 0 Å². The number of rotatable bonds is 7. The molecule has 2 aliphatic rings. The number of nitrogens with zero attached hydrogens (tertiary/aromatic N) is 1. The first-order valence-electron chi connectivity index (χ1n) is 12.6. The first kappa shape index (κ1) is 27.1. The Labute approximate surface area is 243 Å². The van der Waals surface area contributed by atoms with E-state index in [1.54, 1.807) is 19.9 Å². The van der Waals surface area contributed by atoms with E-state index in [0.717, 1.165) is 20.1 Å². The molecule has 0 saturated carbocycles. The number of para-hydroxylation sites is 1. The number of benzene rings is 3. The van der Waals surface area contributed by atoms with Gasteiger partial charge >= 0.3 is 11.9 Å². The third kappa shape index (κ3) is 4.57. The second-order valence-corrected chi connectivity index (χ2v) is 11.0. The highest BCUT2D eigenvalue weighted by Gasteiger charge is 2.66. The lowest BCUT2D eigenvalue weighted by molar-refractivity contribution is -0.143. The van der Waals surface area contributed by atoms with Crippen LogP contribution in [0.4, 0.5) is 5.69 Å². The van der Waals surface area contributed by atoms with Gasteiger partial charge in [-0.15, -0.1) is 0 Å². The lowest BCUT2D eigenvalue weighted by Crippen LogP contribution is -2.45. The molecule has 5 rings (SSSR count). The van der Waals surface area contributed by atoms with Crippen molar-refractivity contribution in [3.63, 3.8) is 0 Å². The Morgan fingerprint density at radius 2 is 1.56 bits per heavy atom. The lowest BCUT2D eigenvalue weighted by atomic mass is 9.69. The summed E-state index contributed by atoms with van der Waals surface area (Å²) in [5.74, 6) is -1.83. The van der Waals surface area contributed by atoms with E-state index >= 15 is 0 Å². The molecule has 0 radical (unpaired) electrons. The van der Waals surface area contributed by atoms with Crippen molar-refractivity contribution < 1.29 is 23.9 Å². The van der Waals surface area contributed by atoms with Gasteiger partial charge in [0.15, 0.2) is 0 Å². The number of carbonyl (C=O) groups excluding carboxylic acids is 3. The number of hydrogen-bond donors (Lipinski definition) is 1. The molecule has 0 aromatic heterocycles. The molecular formula is C30H26Br2N2O5. The Bertz CT molecular complexity index is 1500. The second-order valence-electron chi connectivity index (χ2n) is 9.19. The molecule has 9 heteroatoms. The maximum Gasteiger partial charge on any atom is 0.355 e. The Balaban J connectivity index is 1.88. The Morgan fingerprint density at radius 3 is 2.26 bits per heavy atom. The Hall–Kier alpha value is -3.43. The van der Waals surface area contributed by atoms with E-state index in [4.69, 9.17) is 9.47 Å². The highest BCUT2D eigenvalue weighted by molar-refractivity contribution is 9.10. The van der Waals surface area contributed by atoms with Crippen molar-refractivity contribution in [3.8, 4) is 0 Å². The quantitative estimate of drug-likeness (QED) is 0.313. The number of hydrogen-bond acceptors (Lipinski definition) is 6. The van der Waals surface area contributed by atoms with Gasteiger partial charge in [-0.3, -0.25) is 4.79 Å². The molecule has 1 spiro atoms. The number of amides is 1. The van der Waals surface area contributed by atoms with Crippen LogP contribution in [0.1, 0.15) is 36.6 Å². The fraction of sp³-hybridized carbons (Fsp3) is 0.233. The number of anilines is 1. The summed E-state index contributed by atoms with van der Waals surface area (Å²) in [6, 6.07) is 21.7. The predicted octanol–water partition coefficient (Wildman–Crippen LogP) is 6.04. The summed E-state index contributed by atoms with van der Waals surface area (Å²) >= 11 is 7.09. The van der Waals surface area contributed by atoms with Gasteiger partial charge in [-0.05, 0) is 60.9 Å². The summed E-state index contributed by atoms with van der Waals surface area (Å²) in [7, 11) is 0. The third-order valence-electron chi connectivity index (χ3n) is 6.95. The number of fused-ring (bicyclic) bond motifs is 2. The highest BCUT2D eigenvalue weighted by atomic mass is 79.9. The van der Waals surface area contributed by atoms with Gasteiger partial charge in [-0.1, -0.05) is 74.3 Å². The van der Waals surface area contributed by atoms with Crippen molar-refractivity contribution >= 4 is 55.4 Å². The molecule has 200 valence electrons. The van der Waals surface area contributed by atoms with E-state index in [0.29, 0.717) is 11.3 Å². The molecule has 2 unspecified atom stereocenters. The fourth-order valence-electron chi connectivity index (χ4n) is 5.62. The van der Waals surface area contributed by atoms with Gasteiger partial charge in [0, 0.05) is 21.2 Å². The summed E-state index contributed by atoms with van der Waals surface area (Å²) in [6.07, 6.45) is 0. The average molecular weight is 654 g/mol. The molecule has 1 N–H and O–H groups in total. The third-order valence-corrected chi connectivity index (χ3v) is 7.94. The van der Waals surface area contributed by atoms with Gasteiger partial charge in [0.1, 0.15) is 11.1 Å². The van der Waals surface area contributed by atoms with Crippen LogP contribution in [-0.2, 0) is 35.8 Å². The zero-order valence-electron chi connectivity index (χ0n) is 21.4. The van der Waals surface area contributed by atoms with Gasteiger partial charge in [-0.25, -0.2) is 9.59 Å². The first-order valence-corrected chi connectivity index (χ1v) is 14.2. The van der Waals surface area contributed by atoms with Crippen LogP contribution in [0.3, 0.4) is 0 Å². The Kier molecular flexibility index (Phi) is 7.64. The molecule has 1 amide bonds. The summed E-state index contributed by atoms with van der Waals surface area (Å²) in [5.41, 5.74) is 1.22. The second kappa shape index (κ2) is 11.0. The molecular weight excluding hydrogens is 628 g/mol. The maximum absolute atomic E-state index is 14.3. The van der Waals surface area contributed by atoms with E-state index in [2.05, 4.69) is 37.2 Å². The zero-order valence-corrected chi connectivity index (χ0v) is 24.5. The molecule has 39 heavy (non-hydrogen) atoms. The van der Waals surface area contributed by atoms with E-state index < -0.39 is 29.3 Å². The average Bonchev–Trinajstić information content (AvgIpc) is 3.36. The van der Waals surface area contributed by atoms with Crippen molar-refractivity contribution in [2.24, 2.45) is 0 Å². The number of halogens is 2. The highest BCUT2D eigenvalue weighted by Crippen LogP contribution is 2.59. The molecule has 0 fully saturated rings. The van der Waals surface area contributed by atoms with Gasteiger partial charge in [0.2, 0.25) is 5.91 Å². The van der Waals surface area contributed by atoms with Gasteiger partial charge < -0.3 is 19.7 Å². The van der Waals surface area contributed by atoms with Crippen LogP contribution in [0.15, 0.2) is 93.0 Å². The van der Waals surface area contributed by atoms with Crippen LogP contribution < -0.4 is 5.32 Å². The smallest absolute Gasteiger partial charge is 0.355 e. The molecule has 3 aromatic rings. The molecule has 7 nitrogen and oxygen atoms in total. The normalized spacial score (nSPS) is 19.7. The Morgan fingerprint density at radius 1 is 0.897 bits per heavy atom. The minimum absolute atomic E-state index is 0.0205. The number of nitrogens with one attached hydrogen (secondary N) is 1. The topological polar surface area (TPSA) is 84.9 Å². The molecule has 0 aliphatic carbocycles. The number of esters is 2. The molecule has 3 aromatic carbocycles. The van der Waals surface area contributed by atoms with Crippen molar-refractivity contribution in [2.45, 2.75) is 31.8 Å². The molecule has 0 saturated heterocycles.